The highest BCUT2D eigenvalue weighted by Crippen LogP contribution is 2.17. The second kappa shape index (κ2) is 4.34. The topological polar surface area (TPSA) is 52.3 Å². The van der Waals surface area contributed by atoms with Gasteiger partial charge < -0.3 is 10.5 Å². The van der Waals surface area contributed by atoms with Gasteiger partial charge in [0.2, 0.25) is 5.91 Å². The Hall–Kier alpha value is -0.570. The van der Waals surface area contributed by atoms with Crippen LogP contribution in [0.2, 0.25) is 0 Å². The van der Waals surface area contributed by atoms with E-state index in [9.17, 15) is 4.79 Å². The molecule has 11 heavy (non-hydrogen) atoms. The van der Waals surface area contributed by atoms with Crippen LogP contribution in [-0.2, 0) is 9.53 Å². The lowest BCUT2D eigenvalue weighted by Gasteiger charge is -2.17. The van der Waals surface area contributed by atoms with Crippen LogP contribution < -0.4 is 5.73 Å². The summed E-state index contributed by atoms with van der Waals surface area (Å²) in [6.45, 7) is 7.02. The second-order valence-electron chi connectivity index (χ2n) is 3.83. The largest absolute Gasteiger partial charge is 0.372 e. The summed E-state index contributed by atoms with van der Waals surface area (Å²) in [4.78, 5) is 10.2. The number of amides is 1. The standard InChI is InChI=1S/C8H17NO2/c1-8(2,3)4-5-11-6-7(9)10/h4-6H2,1-3H3,(H2,9,10). The van der Waals surface area contributed by atoms with Gasteiger partial charge in [0.25, 0.3) is 0 Å². The molecule has 3 heteroatoms. The van der Waals surface area contributed by atoms with Gasteiger partial charge in [-0.05, 0) is 11.8 Å². The van der Waals surface area contributed by atoms with E-state index in [0.29, 0.717) is 6.61 Å². The Bertz CT molecular complexity index is 127. The number of hydrogen-bond acceptors (Lipinski definition) is 2. The molecule has 0 heterocycles. The monoisotopic (exact) mass is 159 g/mol. The minimum Gasteiger partial charge on any atom is -0.372 e. The maximum absolute atomic E-state index is 10.2. The Morgan fingerprint density at radius 1 is 1.45 bits per heavy atom. The van der Waals surface area contributed by atoms with Crippen LogP contribution in [0.1, 0.15) is 27.2 Å². The van der Waals surface area contributed by atoms with Gasteiger partial charge in [0.05, 0.1) is 0 Å². The van der Waals surface area contributed by atoms with Crippen molar-refractivity contribution in [1.82, 2.24) is 0 Å². The number of hydrogen-bond donors (Lipinski definition) is 1. The average Bonchev–Trinajstić information content (AvgIpc) is 1.78. The fraction of sp³-hybridized carbons (Fsp3) is 0.875. The van der Waals surface area contributed by atoms with Gasteiger partial charge in [0.15, 0.2) is 0 Å². The molecule has 0 aliphatic heterocycles. The van der Waals surface area contributed by atoms with Crippen LogP contribution in [0.4, 0.5) is 0 Å². The first-order chi connectivity index (χ1) is 4.92. The van der Waals surface area contributed by atoms with Crippen molar-refractivity contribution in [2.24, 2.45) is 11.1 Å². The lowest BCUT2D eigenvalue weighted by Crippen LogP contribution is -2.19. The Balaban J connectivity index is 3.22. The molecule has 0 aliphatic rings. The van der Waals surface area contributed by atoms with Crippen LogP contribution in [-0.4, -0.2) is 19.1 Å². The zero-order valence-electron chi connectivity index (χ0n) is 7.52. The summed E-state index contributed by atoms with van der Waals surface area (Å²) < 4.78 is 5.00. The highest BCUT2D eigenvalue weighted by molar-refractivity contribution is 5.74. The van der Waals surface area contributed by atoms with Crippen molar-refractivity contribution in [2.45, 2.75) is 27.2 Å². The number of ether oxygens (including phenoxy) is 1. The average molecular weight is 159 g/mol. The maximum Gasteiger partial charge on any atom is 0.243 e. The van der Waals surface area contributed by atoms with Gasteiger partial charge in [0, 0.05) is 6.61 Å². The Morgan fingerprint density at radius 3 is 2.36 bits per heavy atom. The van der Waals surface area contributed by atoms with Crippen molar-refractivity contribution < 1.29 is 9.53 Å². The van der Waals surface area contributed by atoms with Crippen LogP contribution in [0, 0.1) is 5.41 Å². The van der Waals surface area contributed by atoms with E-state index in [0.717, 1.165) is 6.42 Å². The lowest BCUT2D eigenvalue weighted by atomic mass is 9.93. The number of primary amides is 1. The first-order valence-corrected chi connectivity index (χ1v) is 3.78. The van der Waals surface area contributed by atoms with Gasteiger partial charge >= 0.3 is 0 Å². The first-order valence-electron chi connectivity index (χ1n) is 3.78. The summed E-state index contributed by atoms with van der Waals surface area (Å²) in [5.41, 5.74) is 5.14. The molecule has 0 unspecified atom stereocenters. The van der Waals surface area contributed by atoms with Crippen LogP contribution in [0.5, 0.6) is 0 Å². The Kier molecular flexibility index (Phi) is 4.11. The van der Waals surface area contributed by atoms with E-state index in [-0.39, 0.29) is 12.0 Å². The molecule has 1 amide bonds. The van der Waals surface area contributed by atoms with Crippen molar-refractivity contribution in [3.63, 3.8) is 0 Å². The molecule has 0 aromatic rings. The highest BCUT2D eigenvalue weighted by Gasteiger charge is 2.09. The first kappa shape index (κ1) is 10.4. The van der Waals surface area contributed by atoms with Gasteiger partial charge in [0.1, 0.15) is 6.61 Å². The zero-order valence-corrected chi connectivity index (χ0v) is 7.52. The van der Waals surface area contributed by atoms with E-state index in [1.54, 1.807) is 0 Å². The van der Waals surface area contributed by atoms with Gasteiger partial charge in [-0.1, -0.05) is 20.8 Å². The number of carbonyl (C=O) groups is 1. The molecule has 0 rings (SSSR count). The SMILES string of the molecule is CC(C)(C)CCOCC(N)=O. The number of carbonyl (C=O) groups excluding carboxylic acids is 1. The summed E-state index contributed by atoms with van der Waals surface area (Å²) >= 11 is 0. The molecule has 0 radical (unpaired) electrons. The van der Waals surface area contributed by atoms with E-state index in [2.05, 4.69) is 20.8 Å². The molecule has 0 spiro atoms. The van der Waals surface area contributed by atoms with E-state index in [1.807, 2.05) is 0 Å². The minimum absolute atomic E-state index is 0.0378. The van der Waals surface area contributed by atoms with Gasteiger partial charge in [-0.15, -0.1) is 0 Å². The van der Waals surface area contributed by atoms with Gasteiger partial charge in [-0.2, -0.15) is 0 Å². The summed E-state index contributed by atoms with van der Waals surface area (Å²) in [6.07, 6.45) is 0.945. The molecule has 0 aromatic carbocycles. The summed E-state index contributed by atoms with van der Waals surface area (Å²) in [7, 11) is 0. The van der Waals surface area contributed by atoms with Crippen molar-refractivity contribution in [1.29, 1.82) is 0 Å². The zero-order chi connectivity index (χ0) is 8.91. The molecule has 66 valence electrons. The normalized spacial score (nSPS) is 11.5. The molecule has 0 fully saturated rings. The van der Waals surface area contributed by atoms with E-state index in [4.69, 9.17) is 10.5 Å². The number of nitrogens with two attached hydrogens (primary N) is 1. The van der Waals surface area contributed by atoms with Gasteiger partial charge in [-0.25, -0.2) is 0 Å². The van der Waals surface area contributed by atoms with Crippen LogP contribution in [0.25, 0.3) is 0 Å². The van der Waals surface area contributed by atoms with Crippen LogP contribution in [0.15, 0.2) is 0 Å². The molecular formula is C8H17NO2. The van der Waals surface area contributed by atoms with E-state index >= 15 is 0 Å². The summed E-state index contributed by atoms with van der Waals surface area (Å²) in [5.74, 6) is -0.404. The van der Waals surface area contributed by atoms with Crippen molar-refractivity contribution >= 4 is 5.91 Å². The Labute approximate surface area is 67.9 Å². The molecule has 2 N–H and O–H groups in total. The predicted molar refractivity (Wildman–Crippen MR) is 44.1 cm³/mol. The fourth-order valence-corrected chi connectivity index (χ4v) is 0.551. The van der Waals surface area contributed by atoms with Crippen LogP contribution in [0.3, 0.4) is 0 Å². The van der Waals surface area contributed by atoms with E-state index < -0.39 is 5.91 Å². The highest BCUT2D eigenvalue weighted by atomic mass is 16.5. The fourth-order valence-electron chi connectivity index (χ4n) is 0.551. The summed E-state index contributed by atoms with van der Waals surface area (Å²) in [6, 6.07) is 0. The predicted octanol–water partition coefficient (Wildman–Crippen LogP) is 0.924. The quantitative estimate of drug-likeness (QED) is 0.620. The third-order valence-electron chi connectivity index (χ3n) is 1.24. The molecule has 0 bridgehead atoms. The minimum atomic E-state index is -0.404. The smallest absolute Gasteiger partial charge is 0.243 e. The third-order valence-corrected chi connectivity index (χ3v) is 1.24. The van der Waals surface area contributed by atoms with Crippen molar-refractivity contribution in [2.75, 3.05) is 13.2 Å². The lowest BCUT2D eigenvalue weighted by molar-refractivity contribution is -0.122. The molecule has 0 saturated heterocycles. The maximum atomic E-state index is 10.2. The van der Waals surface area contributed by atoms with Gasteiger partial charge in [-0.3, -0.25) is 4.79 Å². The van der Waals surface area contributed by atoms with Crippen LogP contribution >= 0.6 is 0 Å². The molecular weight excluding hydrogens is 142 g/mol. The summed E-state index contributed by atoms with van der Waals surface area (Å²) in [5, 5.41) is 0. The molecule has 0 saturated carbocycles. The number of rotatable bonds is 4. The second-order valence-corrected chi connectivity index (χ2v) is 3.83. The molecule has 0 aromatic heterocycles. The molecule has 0 atom stereocenters. The third kappa shape index (κ3) is 9.43. The molecule has 0 aliphatic carbocycles. The Morgan fingerprint density at radius 2 is 2.00 bits per heavy atom. The van der Waals surface area contributed by atoms with E-state index in [1.165, 1.54) is 0 Å². The van der Waals surface area contributed by atoms with Crippen molar-refractivity contribution in [3.05, 3.63) is 0 Å². The van der Waals surface area contributed by atoms with Crippen molar-refractivity contribution in [3.8, 4) is 0 Å². The molecule has 3 nitrogen and oxygen atoms in total.